The zero-order valence-corrected chi connectivity index (χ0v) is 21.1. The number of halogens is 2. The smallest absolute Gasteiger partial charge is 0.258 e. The number of amides is 1. The lowest BCUT2D eigenvalue weighted by molar-refractivity contribution is -0.133. The van der Waals surface area contributed by atoms with Gasteiger partial charge in [-0.15, -0.1) is 0 Å². The molecule has 2 aliphatic rings. The lowest BCUT2D eigenvalue weighted by Crippen LogP contribution is -2.49. The van der Waals surface area contributed by atoms with Gasteiger partial charge < -0.3 is 9.80 Å². The number of aldehydes is 1. The van der Waals surface area contributed by atoms with Crippen LogP contribution in [0.4, 0.5) is 11.4 Å². The minimum atomic E-state index is -0.646. The number of carbonyl (C=O) groups is 3. The molecule has 2 aliphatic heterocycles. The normalized spacial score (nSPS) is 16.5. The summed E-state index contributed by atoms with van der Waals surface area (Å²) in [4.78, 5) is 43.5. The molecule has 0 aromatic heterocycles. The third kappa shape index (κ3) is 4.89. The fraction of sp³-hybridized carbons (Fsp3) is 0.250. The molecule has 5 rings (SSSR count). The number of hydrogen-bond acceptors (Lipinski definition) is 5. The minimum absolute atomic E-state index is 0.110. The Morgan fingerprint density at radius 2 is 1.56 bits per heavy atom. The van der Waals surface area contributed by atoms with Crippen molar-refractivity contribution in [2.24, 2.45) is 0 Å². The van der Waals surface area contributed by atoms with Gasteiger partial charge in [0.1, 0.15) is 6.04 Å². The summed E-state index contributed by atoms with van der Waals surface area (Å²) in [6.07, 6.45) is 1.09. The second-order valence-electron chi connectivity index (χ2n) is 9.03. The van der Waals surface area contributed by atoms with Crippen LogP contribution in [0, 0.1) is 0 Å². The lowest BCUT2D eigenvalue weighted by Gasteiger charge is -2.39. The molecule has 0 N–H and O–H groups in total. The van der Waals surface area contributed by atoms with E-state index in [0.29, 0.717) is 47.9 Å². The highest BCUT2D eigenvalue weighted by atomic mass is 35.5. The highest BCUT2D eigenvalue weighted by molar-refractivity contribution is 6.31. The molecule has 36 heavy (non-hydrogen) atoms. The summed E-state index contributed by atoms with van der Waals surface area (Å²) in [5.74, 6) is -0.572. The molecule has 0 aliphatic carbocycles. The number of Topliss-reactive ketones (excluding diaryl/α,β-unsaturated/α-hetero) is 1. The van der Waals surface area contributed by atoms with Crippen LogP contribution < -0.4 is 9.80 Å². The van der Waals surface area contributed by atoms with Gasteiger partial charge in [-0.05, 0) is 60.0 Å². The van der Waals surface area contributed by atoms with Gasteiger partial charge in [0.25, 0.3) is 5.91 Å². The summed E-state index contributed by atoms with van der Waals surface area (Å²) in [5.41, 5.74) is 4.17. The average Bonchev–Trinajstić information content (AvgIpc) is 3.32. The van der Waals surface area contributed by atoms with Crippen LogP contribution in [0.3, 0.4) is 0 Å². The largest absolute Gasteiger partial charge is 0.369 e. The number of ketones is 1. The summed E-state index contributed by atoms with van der Waals surface area (Å²) < 4.78 is 0. The molecule has 1 unspecified atom stereocenters. The first-order valence-electron chi connectivity index (χ1n) is 11.9. The maximum Gasteiger partial charge on any atom is 0.258 e. The van der Waals surface area contributed by atoms with Gasteiger partial charge in [0.2, 0.25) is 5.78 Å². The molecule has 0 saturated carbocycles. The molecular formula is C28H25Cl2N3O3. The predicted octanol–water partition coefficient (Wildman–Crippen LogP) is 4.83. The Labute approximate surface area is 220 Å². The van der Waals surface area contributed by atoms with Crippen molar-refractivity contribution in [3.63, 3.8) is 0 Å². The van der Waals surface area contributed by atoms with Gasteiger partial charge in [0, 0.05) is 59.7 Å². The van der Waals surface area contributed by atoms with E-state index in [-0.39, 0.29) is 5.91 Å². The number of anilines is 2. The molecule has 1 fully saturated rings. The molecule has 1 amide bonds. The lowest BCUT2D eigenvalue weighted by atomic mass is 9.97. The van der Waals surface area contributed by atoms with Crippen LogP contribution in [0.25, 0.3) is 0 Å². The number of carbonyl (C=O) groups excluding carboxylic acids is 3. The van der Waals surface area contributed by atoms with Crippen molar-refractivity contribution in [1.82, 2.24) is 4.90 Å². The highest BCUT2D eigenvalue weighted by Crippen LogP contribution is 2.34. The van der Waals surface area contributed by atoms with Gasteiger partial charge in [0.05, 0.1) is 0 Å². The van der Waals surface area contributed by atoms with Gasteiger partial charge >= 0.3 is 0 Å². The zero-order chi connectivity index (χ0) is 25.2. The summed E-state index contributed by atoms with van der Waals surface area (Å²) in [6, 6.07) is 19.7. The molecule has 184 valence electrons. The molecule has 3 aromatic rings. The molecule has 0 bridgehead atoms. The van der Waals surface area contributed by atoms with Crippen molar-refractivity contribution >= 4 is 52.6 Å². The van der Waals surface area contributed by atoms with Crippen molar-refractivity contribution in [2.45, 2.75) is 12.5 Å². The number of hydrogen-bond donors (Lipinski definition) is 0. The monoisotopic (exact) mass is 521 g/mol. The summed E-state index contributed by atoms with van der Waals surface area (Å²) in [6.45, 7) is 3.25. The third-order valence-electron chi connectivity index (χ3n) is 6.87. The van der Waals surface area contributed by atoms with Gasteiger partial charge in [-0.1, -0.05) is 47.5 Å². The Hall–Kier alpha value is -3.19. The first kappa shape index (κ1) is 24.5. The highest BCUT2D eigenvalue weighted by Gasteiger charge is 2.32. The first-order chi connectivity index (χ1) is 17.4. The Balaban J connectivity index is 1.35. The fourth-order valence-corrected chi connectivity index (χ4v) is 5.49. The predicted molar refractivity (Wildman–Crippen MR) is 142 cm³/mol. The van der Waals surface area contributed by atoms with Crippen LogP contribution in [0.2, 0.25) is 10.0 Å². The summed E-state index contributed by atoms with van der Waals surface area (Å²) in [5, 5.41) is 1.20. The molecule has 1 atom stereocenters. The van der Waals surface area contributed by atoms with Crippen LogP contribution in [-0.2, 0) is 16.0 Å². The number of rotatable bonds is 6. The summed E-state index contributed by atoms with van der Waals surface area (Å²) in [7, 11) is 0. The summed E-state index contributed by atoms with van der Waals surface area (Å²) >= 11 is 12.2. The molecule has 1 saturated heterocycles. The van der Waals surface area contributed by atoms with E-state index >= 15 is 0 Å². The molecule has 0 radical (unpaired) electrons. The maximum absolute atomic E-state index is 13.1. The molecule has 8 heteroatoms. The van der Waals surface area contributed by atoms with Crippen molar-refractivity contribution in [3.8, 4) is 0 Å². The maximum atomic E-state index is 13.1. The number of piperazine rings is 1. The van der Waals surface area contributed by atoms with Crippen LogP contribution in [0.1, 0.15) is 27.5 Å². The minimum Gasteiger partial charge on any atom is -0.369 e. The van der Waals surface area contributed by atoms with Crippen LogP contribution in [-0.4, -0.2) is 55.6 Å². The standard InChI is InChI=1S/C28H25Cl2N3O3/c29-22-4-1-3-21(16-22)28(36)33-10-9-19-15-20(7-8-25(19)33)27(26(35)18-34)32-13-11-31(12-14-32)24-6-2-5-23(30)17-24/h1-8,15-18,27H,9-14H2. The number of benzene rings is 3. The molecule has 2 heterocycles. The Kier molecular flexibility index (Phi) is 7.10. The topological polar surface area (TPSA) is 60.9 Å². The second-order valence-corrected chi connectivity index (χ2v) is 9.90. The SMILES string of the molecule is O=CC(=O)C(c1ccc2c(c1)CCN2C(=O)c1cccc(Cl)c1)N1CCN(c2cccc(Cl)c2)CC1. The quantitative estimate of drug-likeness (QED) is 0.343. The van der Waals surface area contributed by atoms with E-state index in [1.54, 1.807) is 29.2 Å². The van der Waals surface area contributed by atoms with E-state index in [4.69, 9.17) is 23.2 Å². The Bertz CT molecular complexity index is 1320. The van der Waals surface area contributed by atoms with E-state index < -0.39 is 11.8 Å². The molecule has 6 nitrogen and oxygen atoms in total. The third-order valence-corrected chi connectivity index (χ3v) is 7.34. The van der Waals surface area contributed by atoms with Crippen LogP contribution in [0.15, 0.2) is 66.7 Å². The Morgan fingerprint density at radius 3 is 2.25 bits per heavy atom. The van der Waals surface area contributed by atoms with Crippen LogP contribution in [0.5, 0.6) is 0 Å². The van der Waals surface area contributed by atoms with Crippen molar-refractivity contribution in [1.29, 1.82) is 0 Å². The van der Waals surface area contributed by atoms with E-state index in [1.165, 1.54) is 0 Å². The average molecular weight is 522 g/mol. The van der Waals surface area contributed by atoms with E-state index in [0.717, 1.165) is 35.6 Å². The zero-order valence-electron chi connectivity index (χ0n) is 19.6. The van der Waals surface area contributed by atoms with E-state index in [9.17, 15) is 14.4 Å². The van der Waals surface area contributed by atoms with E-state index in [2.05, 4.69) is 9.80 Å². The van der Waals surface area contributed by atoms with Crippen LogP contribution >= 0.6 is 23.2 Å². The molecule has 3 aromatic carbocycles. The molecular weight excluding hydrogens is 497 g/mol. The van der Waals surface area contributed by atoms with Gasteiger partial charge in [0.15, 0.2) is 6.29 Å². The van der Waals surface area contributed by atoms with Crippen molar-refractivity contribution < 1.29 is 14.4 Å². The number of nitrogens with zero attached hydrogens (tertiary/aromatic N) is 3. The van der Waals surface area contributed by atoms with E-state index in [1.807, 2.05) is 42.5 Å². The van der Waals surface area contributed by atoms with Gasteiger partial charge in [-0.3, -0.25) is 19.3 Å². The van der Waals surface area contributed by atoms with Gasteiger partial charge in [-0.2, -0.15) is 0 Å². The first-order valence-corrected chi connectivity index (χ1v) is 12.6. The van der Waals surface area contributed by atoms with Crippen molar-refractivity contribution in [2.75, 3.05) is 42.5 Å². The fourth-order valence-electron chi connectivity index (χ4n) is 5.11. The van der Waals surface area contributed by atoms with Gasteiger partial charge in [-0.25, -0.2) is 0 Å². The number of fused-ring (bicyclic) bond motifs is 1. The van der Waals surface area contributed by atoms with Crippen molar-refractivity contribution in [3.05, 3.63) is 93.5 Å². The second kappa shape index (κ2) is 10.4. The Morgan fingerprint density at radius 1 is 0.833 bits per heavy atom. The molecule has 0 spiro atoms.